The molecule has 1 fully saturated rings. The van der Waals surface area contributed by atoms with Gasteiger partial charge in [-0.15, -0.1) is 0 Å². The molecular formula is C35H40N6O6. The molecule has 12 nitrogen and oxygen atoms in total. The van der Waals surface area contributed by atoms with Crippen LogP contribution in [0.25, 0.3) is 33.2 Å². The number of fused-ring (bicyclic) bond motifs is 2. The Hall–Kier alpha value is -5.13. The molecule has 2 N–H and O–H groups in total. The molecule has 0 unspecified atom stereocenters. The van der Waals surface area contributed by atoms with Crippen molar-refractivity contribution in [2.24, 2.45) is 0 Å². The molecular weight excluding hydrogens is 600 g/mol. The smallest absolute Gasteiger partial charge is 0.449 e. The highest BCUT2D eigenvalue weighted by molar-refractivity contribution is 5.89. The van der Waals surface area contributed by atoms with Gasteiger partial charge in [-0.05, 0) is 68.1 Å². The number of hydrogen-bond acceptors (Lipinski definition) is 9. The number of aromatic nitrogens is 4. The van der Waals surface area contributed by atoms with E-state index in [1.165, 1.54) is 0 Å². The second kappa shape index (κ2) is 12.6. The third-order valence-corrected chi connectivity index (χ3v) is 8.11. The van der Waals surface area contributed by atoms with Crippen LogP contribution in [-0.2, 0) is 11.3 Å². The number of hydrogen-bond donors (Lipinski definition) is 2. The van der Waals surface area contributed by atoms with E-state index in [1.54, 1.807) is 17.9 Å². The Morgan fingerprint density at radius 1 is 1.04 bits per heavy atom. The van der Waals surface area contributed by atoms with E-state index in [0.717, 1.165) is 38.9 Å². The highest BCUT2D eigenvalue weighted by Gasteiger charge is 2.28. The minimum Gasteiger partial charge on any atom is -0.449 e. The summed E-state index contributed by atoms with van der Waals surface area (Å²) in [5, 5.41) is 19.3. The van der Waals surface area contributed by atoms with Gasteiger partial charge in [-0.25, -0.2) is 14.6 Å². The molecule has 1 amide bonds. The Bertz CT molecular complexity index is 1950. The average molecular weight is 641 g/mol. The number of aryl methyl sites for hydroxylation is 1. The first kappa shape index (κ1) is 31.8. The van der Waals surface area contributed by atoms with Crippen LogP contribution in [0.15, 0.2) is 53.1 Å². The number of benzene rings is 3. The maximum absolute atomic E-state index is 12.6. The first-order chi connectivity index (χ1) is 22.3. The maximum atomic E-state index is 12.6. The summed E-state index contributed by atoms with van der Waals surface area (Å²) in [6.07, 6.45) is -0.289. The second-order valence-corrected chi connectivity index (χ2v) is 13.3. The monoisotopic (exact) mass is 640 g/mol. The van der Waals surface area contributed by atoms with Crippen LogP contribution in [0.2, 0.25) is 0 Å². The number of ether oxygens (including phenoxy) is 2. The molecule has 12 heteroatoms. The van der Waals surface area contributed by atoms with Gasteiger partial charge in [0.15, 0.2) is 5.75 Å². The molecule has 0 radical (unpaired) electrons. The van der Waals surface area contributed by atoms with Gasteiger partial charge in [0.1, 0.15) is 16.9 Å². The number of carboxylic acid groups (broad SMARTS) is 1. The van der Waals surface area contributed by atoms with Gasteiger partial charge < -0.3 is 33.9 Å². The molecule has 1 aliphatic heterocycles. The Labute approximate surface area is 272 Å². The summed E-state index contributed by atoms with van der Waals surface area (Å²) in [5.41, 5.74) is 3.33. The molecule has 5 aromatic rings. The fraction of sp³-hybridized carbons (Fsp3) is 0.400. The van der Waals surface area contributed by atoms with E-state index in [0.29, 0.717) is 49.7 Å². The van der Waals surface area contributed by atoms with Gasteiger partial charge in [0.25, 0.3) is 0 Å². The Morgan fingerprint density at radius 2 is 1.79 bits per heavy atom. The third-order valence-electron chi connectivity index (χ3n) is 8.11. The topological polar surface area (TPSA) is 145 Å². The summed E-state index contributed by atoms with van der Waals surface area (Å²) in [7, 11) is 0. The molecule has 6 rings (SSSR count). The summed E-state index contributed by atoms with van der Waals surface area (Å²) < 4.78 is 18.1. The minimum atomic E-state index is -1.41. The fourth-order valence-electron chi connectivity index (χ4n) is 5.97. The van der Waals surface area contributed by atoms with Crippen molar-refractivity contribution < 1.29 is 28.7 Å². The van der Waals surface area contributed by atoms with Crippen LogP contribution in [0.3, 0.4) is 0 Å². The number of carbonyl (C=O) groups is 2. The number of imidazole rings is 1. The lowest BCUT2D eigenvalue weighted by molar-refractivity contribution is 0.0210. The number of amides is 1. The summed E-state index contributed by atoms with van der Waals surface area (Å²) in [4.78, 5) is 35.3. The Morgan fingerprint density at radius 3 is 2.45 bits per heavy atom. The van der Waals surface area contributed by atoms with Gasteiger partial charge in [0, 0.05) is 55.8 Å². The quantitative estimate of drug-likeness (QED) is 0.135. The standard InChI is InChI=1S/C35H40N6O6/c1-20(2)32-38-30-28(41(32)19-22-7-8-23-9-10-24(16-25(23)15-22)31-36-21(3)47-39-31)17-27(18-29(30)45-34(43)44)37-26-11-13-40(14-12-26)33(42)46-35(4,5)6/h7-10,15-18,20,26,37H,11-14,19H2,1-6H3,(H,43,44). The van der Waals surface area contributed by atoms with Crippen LogP contribution < -0.4 is 10.1 Å². The molecule has 0 bridgehead atoms. The first-order valence-corrected chi connectivity index (χ1v) is 15.9. The van der Waals surface area contributed by atoms with Crippen molar-refractivity contribution in [3.63, 3.8) is 0 Å². The molecule has 0 aliphatic carbocycles. The normalized spacial score (nSPS) is 14.2. The number of carbonyl (C=O) groups excluding carboxylic acids is 1. The number of nitrogens with one attached hydrogen (secondary N) is 1. The number of piperidine rings is 1. The van der Waals surface area contributed by atoms with Gasteiger partial charge >= 0.3 is 12.2 Å². The maximum Gasteiger partial charge on any atom is 0.511 e. The van der Waals surface area contributed by atoms with Gasteiger partial charge in [0.05, 0.1) is 5.52 Å². The third kappa shape index (κ3) is 7.16. The second-order valence-electron chi connectivity index (χ2n) is 13.3. The van der Waals surface area contributed by atoms with Gasteiger partial charge in [-0.2, -0.15) is 4.98 Å². The molecule has 3 heterocycles. The summed E-state index contributed by atoms with van der Waals surface area (Å²) in [6.45, 7) is 13.1. The van der Waals surface area contributed by atoms with E-state index in [1.807, 2.05) is 45.0 Å². The van der Waals surface area contributed by atoms with Crippen molar-refractivity contribution in [3.05, 3.63) is 65.8 Å². The van der Waals surface area contributed by atoms with E-state index in [9.17, 15) is 14.7 Å². The SMILES string of the molecule is Cc1nc(-c2ccc3ccc(Cn4c(C(C)C)nc5c(OC(=O)O)cc(NC6CCN(C(=O)OC(C)(C)C)CC6)cc54)cc3c2)no1. The van der Waals surface area contributed by atoms with Gasteiger partial charge in [-0.3, -0.25) is 0 Å². The Kier molecular flexibility index (Phi) is 8.52. The zero-order valence-electron chi connectivity index (χ0n) is 27.5. The predicted molar refractivity (Wildman–Crippen MR) is 178 cm³/mol. The number of nitrogens with zero attached hydrogens (tertiary/aromatic N) is 5. The summed E-state index contributed by atoms with van der Waals surface area (Å²) >= 11 is 0. The molecule has 1 aliphatic rings. The van der Waals surface area contributed by atoms with Crippen LogP contribution in [0.5, 0.6) is 5.75 Å². The minimum absolute atomic E-state index is 0.0576. The van der Waals surface area contributed by atoms with Crippen molar-refractivity contribution in [3.8, 4) is 17.1 Å². The molecule has 0 atom stereocenters. The van der Waals surface area contributed by atoms with E-state index >= 15 is 0 Å². The molecule has 2 aromatic heterocycles. The molecule has 0 saturated carbocycles. The lowest BCUT2D eigenvalue weighted by Gasteiger charge is -2.34. The highest BCUT2D eigenvalue weighted by Crippen LogP contribution is 2.35. The number of rotatable bonds is 7. The van der Waals surface area contributed by atoms with E-state index in [2.05, 4.69) is 52.1 Å². The zero-order chi connectivity index (χ0) is 33.5. The van der Waals surface area contributed by atoms with Crippen LogP contribution in [0.1, 0.15) is 70.7 Å². The molecule has 47 heavy (non-hydrogen) atoms. The molecule has 0 spiro atoms. The number of likely N-dealkylation sites (tertiary alicyclic amines) is 1. The van der Waals surface area contributed by atoms with Crippen molar-refractivity contribution in [1.29, 1.82) is 0 Å². The molecule has 3 aromatic carbocycles. The van der Waals surface area contributed by atoms with Crippen LogP contribution in [0, 0.1) is 6.92 Å². The highest BCUT2D eigenvalue weighted by atomic mass is 16.7. The van der Waals surface area contributed by atoms with E-state index in [-0.39, 0.29) is 23.8 Å². The van der Waals surface area contributed by atoms with Crippen LogP contribution >= 0.6 is 0 Å². The van der Waals surface area contributed by atoms with Crippen molar-refractivity contribution >= 4 is 39.7 Å². The van der Waals surface area contributed by atoms with Crippen LogP contribution in [0.4, 0.5) is 15.3 Å². The van der Waals surface area contributed by atoms with E-state index < -0.39 is 11.8 Å². The summed E-state index contributed by atoms with van der Waals surface area (Å²) in [6, 6.07) is 16.1. The largest absolute Gasteiger partial charge is 0.511 e. The van der Waals surface area contributed by atoms with Gasteiger partial charge in [0.2, 0.25) is 11.7 Å². The Balaban J connectivity index is 1.31. The van der Waals surface area contributed by atoms with E-state index in [4.69, 9.17) is 19.0 Å². The average Bonchev–Trinajstić information content (AvgIpc) is 3.60. The summed E-state index contributed by atoms with van der Waals surface area (Å²) in [5.74, 6) is 2.09. The molecule has 1 saturated heterocycles. The predicted octanol–water partition coefficient (Wildman–Crippen LogP) is 7.59. The van der Waals surface area contributed by atoms with Crippen molar-refractivity contribution in [2.45, 2.75) is 78.5 Å². The number of anilines is 1. The lowest BCUT2D eigenvalue weighted by Crippen LogP contribution is -2.44. The van der Waals surface area contributed by atoms with Gasteiger partial charge in [-0.1, -0.05) is 43.3 Å². The van der Waals surface area contributed by atoms with Crippen LogP contribution in [-0.4, -0.2) is 66.7 Å². The fourth-order valence-corrected chi connectivity index (χ4v) is 5.97. The van der Waals surface area contributed by atoms with Crippen molar-refractivity contribution in [1.82, 2.24) is 24.6 Å². The van der Waals surface area contributed by atoms with Crippen molar-refractivity contribution in [2.75, 3.05) is 18.4 Å². The first-order valence-electron chi connectivity index (χ1n) is 15.9. The zero-order valence-corrected chi connectivity index (χ0v) is 27.5. The molecule has 246 valence electrons. The lowest BCUT2D eigenvalue weighted by atomic mass is 10.0.